The largest absolute Gasteiger partial charge is 0.378 e. The topological polar surface area (TPSA) is 60.2 Å². The van der Waals surface area contributed by atoms with Crippen LogP contribution < -0.4 is 0 Å². The van der Waals surface area contributed by atoms with E-state index in [0.29, 0.717) is 11.8 Å². The highest BCUT2D eigenvalue weighted by atomic mass is 16.5. The van der Waals surface area contributed by atoms with Crippen LogP contribution in [0.2, 0.25) is 0 Å². The average molecular weight is 292 g/mol. The third-order valence-electron chi connectivity index (χ3n) is 4.77. The molecule has 1 aromatic heterocycles. The first-order valence-electron chi connectivity index (χ1n) is 7.98. The highest BCUT2D eigenvalue weighted by Gasteiger charge is 2.33. The van der Waals surface area contributed by atoms with E-state index in [-0.39, 0.29) is 12.0 Å². The summed E-state index contributed by atoms with van der Waals surface area (Å²) in [5, 5.41) is 7.85. The van der Waals surface area contributed by atoms with Crippen LogP contribution in [-0.2, 0) is 16.1 Å². The SMILES string of the molecule is CC1OCCCC1C(=O)N1CCC(Cn2ccnn2)CC1. The minimum absolute atomic E-state index is 0.0608. The molecule has 3 rings (SSSR count). The maximum atomic E-state index is 12.6. The smallest absolute Gasteiger partial charge is 0.228 e. The number of ether oxygens (including phenoxy) is 1. The third-order valence-corrected chi connectivity index (χ3v) is 4.77. The van der Waals surface area contributed by atoms with Crippen molar-refractivity contribution in [3.63, 3.8) is 0 Å². The molecule has 6 heteroatoms. The predicted molar refractivity (Wildman–Crippen MR) is 77.5 cm³/mol. The molecule has 2 unspecified atom stereocenters. The first-order chi connectivity index (χ1) is 10.2. The minimum atomic E-state index is 0.0608. The van der Waals surface area contributed by atoms with Gasteiger partial charge in [0.05, 0.1) is 18.2 Å². The van der Waals surface area contributed by atoms with Crippen molar-refractivity contribution in [2.24, 2.45) is 11.8 Å². The van der Waals surface area contributed by atoms with E-state index in [4.69, 9.17) is 4.74 Å². The van der Waals surface area contributed by atoms with Gasteiger partial charge in [-0.15, -0.1) is 5.10 Å². The molecule has 2 aliphatic rings. The zero-order valence-electron chi connectivity index (χ0n) is 12.6. The fraction of sp³-hybridized carbons (Fsp3) is 0.800. The second-order valence-corrected chi connectivity index (χ2v) is 6.22. The van der Waals surface area contributed by atoms with Gasteiger partial charge in [0.25, 0.3) is 0 Å². The lowest BCUT2D eigenvalue weighted by Gasteiger charge is -2.37. The molecule has 0 bridgehead atoms. The van der Waals surface area contributed by atoms with Gasteiger partial charge in [-0.05, 0) is 38.5 Å². The summed E-state index contributed by atoms with van der Waals surface area (Å²) in [5.74, 6) is 0.947. The van der Waals surface area contributed by atoms with Crippen molar-refractivity contribution in [1.82, 2.24) is 19.9 Å². The van der Waals surface area contributed by atoms with E-state index in [1.807, 2.05) is 22.7 Å². The molecule has 0 N–H and O–H groups in total. The number of aromatic nitrogens is 3. The molecule has 2 saturated heterocycles. The maximum Gasteiger partial charge on any atom is 0.228 e. The van der Waals surface area contributed by atoms with E-state index in [2.05, 4.69) is 10.3 Å². The molecule has 0 aliphatic carbocycles. The lowest BCUT2D eigenvalue weighted by molar-refractivity contribution is -0.145. The first-order valence-corrected chi connectivity index (χ1v) is 7.98. The van der Waals surface area contributed by atoms with E-state index < -0.39 is 0 Å². The van der Waals surface area contributed by atoms with E-state index in [1.165, 1.54) is 0 Å². The molecule has 0 radical (unpaired) electrons. The number of hydrogen-bond donors (Lipinski definition) is 0. The molecule has 1 aromatic rings. The normalized spacial score (nSPS) is 27.8. The van der Waals surface area contributed by atoms with Gasteiger partial charge in [0.1, 0.15) is 0 Å². The van der Waals surface area contributed by atoms with E-state index in [1.54, 1.807) is 6.20 Å². The van der Waals surface area contributed by atoms with Crippen molar-refractivity contribution in [3.05, 3.63) is 12.4 Å². The van der Waals surface area contributed by atoms with Gasteiger partial charge in [-0.3, -0.25) is 9.48 Å². The lowest BCUT2D eigenvalue weighted by Crippen LogP contribution is -2.46. The Morgan fingerprint density at radius 3 is 2.81 bits per heavy atom. The van der Waals surface area contributed by atoms with Crippen LogP contribution in [0.15, 0.2) is 12.4 Å². The van der Waals surface area contributed by atoms with Crippen molar-refractivity contribution in [2.75, 3.05) is 19.7 Å². The van der Waals surface area contributed by atoms with Crippen LogP contribution in [0.25, 0.3) is 0 Å². The molecule has 0 spiro atoms. The standard InChI is InChI=1S/C15H24N4O2/c1-12-14(3-2-10-21-12)15(20)18-7-4-13(5-8-18)11-19-9-6-16-17-19/h6,9,12-14H,2-5,7-8,10-11H2,1H3. The Labute approximate surface area is 125 Å². The monoisotopic (exact) mass is 292 g/mol. The Bertz CT molecular complexity index is 454. The number of amides is 1. The van der Waals surface area contributed by atoms with Crippen molar-refractivity contribution >= 4 is 5.91 Å². The summed E-state index contributed by atoms with van der Waals surface area (Å²) < 4.78 is 7.52. The van der Waals surface area contributed by atoms with Gasteiger partial charge in [0, 0.05) is 32.4 Å². The average Bonchev–Trinajstić information content (AvgIpc) is 3.01. The van der Waals surface area contributed by atoms with Gasteiger partial charge in [0.15, 0.2) is 0 Å². The molecule has 6 nitrogen and oxygen atoms in total. The quantitative estimate of drug-likeness (QED) is 0.843. The highest BCUT2D eigenvalue weighted by Crippen LogP contribution is 2.26. The van der Waals surface area contributed by atoms with Crippen LogP contribution >= 0.6 is 0 Å². The summed E-state index contributed by atoms with van der Waals surface area (Å²) in [6.45, 7) is 5.46. The van der Waals surface area contributed by atoms with E-state index >= 15 is 0 Å². The zero-order chi connectivity index (χ0) is 14.7. The second-order valence-electron chi connectivity index (χ2n) is 6.22. The third kappa shape index (κ3) is 3.43. The Kier molecular flexibility index (Phi) is 4.53. The molecule has 3 heterocycles. The number of hydrogen-bond acceptors (Lipinski definition) is 4. The van der Waals surface area contributed by atoms with Crippen LogP contribution in [0.5, 0.6) is 0 Å². The highest BCUT2D eigenvalue weighted by molar-refractivity contribution is 5.79. The number of carbonyl (C=O) groups is 1. The zero-order valence-corrected chi connectivity index (χ0v) is 12.6. The van der Waals surface area contributed by atoms with Gasteiger partial charge in [-0.2, -0.15) is 0 Å². The summed E-state index contributed by atoms with van der Waals surface area (Å²) in [7, 11) is 0. The summed E-state index contributed by atoms with van der Waals surface area (Å²) in [4.78, 5) is 14.6. The molecule has 2 atom stereocenters. The Morgan fingerprint density at radius 1 is 1.33 bits per heavy atom. The molecule has 2 aliphatic heterocycles. The van der Waals surface area contributed by atoms with Gasteiger partial charge in [-0.1, -0.05) is 5.21 Å². The molecular formula is C15H24N4O2. The first kappa shape index (κ1) is 14.5. The van der Waals surface area contributed by atoms with Crippen molar-refractivity contribution in [3.8, 4) is 0 Å². The molecule has 116 valence electrons. The van der Waals surface area contributed by atoms with Crippen LogP contribution in [-0.4, -0.2) is 51.6 Å². The summed E-state index contributed by atoms with van der Waals surface area (Å²) in [6.07, 6.45) is 7.75. The number of piperidine rings is 1. The molecule has 0 saturated carbocycles. The molecule has 0 aromatic carbocycles. The van der Waals surface area contributed by atoms with Crippen LogP contribution in [0, 0.1) is 11.8 Å². The number of rotatable bonds is 3. The fourth-order valence-corrected chi connectivity index (χ4v) is 3.41. The summed E-state index contributed by atoms with van der Waals surface area (Å²) in [5.41, 5.74) is 0. The minimum Gasteiger partial charge on any atom is -0.378 e. The number of nitrogens with zero attached hydrogens (tertiary/aromatic N) is 4. The van der Waals surface area contributed by atoms with Crippen LogP contribution in [0.3, 0.4) is 0 Å². The maximum absolute atomic E-state index is 12.6. The predicted octanol–water partition coefficient (Wildman–Crippen LogP) is 1.33. The van der Waals surface area contributed by atoms with Gasteiger partial charge in [-0.25, -0.2) is 0 Å². The van der Waals surface area contributed by atoms with Gasteiger partial charge in [0.2, 0.25) is 5.91 Å². The second kappa shape index (κ2) is 6.56. The van der Waals surface area contributed by atoms with Gasteiger partial charge >= 0.3 is 0 Å². The van der Waals surface area contributed by atoms with Crippen LogP contribution in [0.1, 0.15) is 32.6 Å². The van der Waals surface area contributed by atoms with Crippen molar-refractivity contribution in [1.29, 1.82) is 0 Å². The van der Waals surface area contributed by atoms with E-state index in [9.17, 15) is 4.79 Å². The molecule has 21 heavy (non-hydrogen) atoms. The van der Waals surface area contributed by atoms with E-state index in [0.717, 1.165) is 51.9 Å². The molecular weight excluding hydrogens is 268 g/mol. The lowest BCUT2D eigenvalue weighted by atomic mass is 9.91. The Morgan fingerprint density at radius 2 is 2.14 bits per heavy atom. The van der Waals surface area contributed by atoms with Crippen molar-refractivity contribution in [2.45, 2.75) is 45.3 Å². The Hall–Kier alpha value is -1.43. The Balaban J connectivity index is 1.49. The van der Waals surface area contributed by atoms with Crippen molar-refractivity contribution < 1.29 is 9.53 Å². The summed E-state index contributed by atoms with van der Waals surface area (Å²) >= 11 is 0. The number of carbonyl (C=O) groups excluding carboxylic acids is 1. The summed E-state index contributed by atoms with van der Waals surface area (Å²) in [6, 6.07) is 0. The molecule has 2 fully saturated rings. The van der Waals surface area contributed by atoms with Gasteiger partial charge < -0.3 is 9.64 Å². The fourth-order valence-electron chi connectivity index (χ4n) is 3.41. The van der Waals surface area contributed by atoms with Crippen LogP contribution in [0.4, 0.5) is 0 Å². The number of likely N-dealkylation sites (tertiary alicyclic amines) is 1. The molecule has 1 amide bonds.